The molecule has 2 bridgehead atoms. The molecule has 0 saturated heterocycles. The van der Waals surface area contributed by atoms with E-state index < -0.39 is 0 Å². The lowest BCUT2D eigenvalue weighted by molar-refractivity contribution is -0.0438. The Morgan fingerprint density at radius 2 is 2.12 bits per heavy atom. The molecule has 3 saturated carbocycles. The summed E-state index contributed by atoms with van der Waals surface area (Å²) in [7, 11) is 0. The average molecular weight is 327 g/mol. The van der Waals surface area contributed by atoms with Crippen molar-refractivity contribution in [1.29, 1.82) is 0 Å². The molecule has 0 atom stereocenters. The van der Waals surface area contributed by atoms with E-state index in [9.17, 15) is 4.79 Å². The van der Waals surface area contributed by atoms with Crippen molar-refractivity contribution in [2.75, 3.05) is 0 Å². The zero-order valence-corrected chi connectivity index (χ0v) is 11.4. The Labute approximate surface area is 109 Å². The van der Waals surface area contributed by atoms with Crippen LogP contribution in [0.4, 0.5) is 0 Å². The Morgan fingerprint density at radius 1 is 1.44 bits per heavy atom. The van der Waals surface area contributed by atoms with Crippen LogP contribution in [0.5, 0.6) is 0 Å². The molecule has 0 aliphatic heterocycles. The maximum Gasteiger partial charge on any atom is 0.252 e. The van der Waals surface area contributed by atoms with Crippen LogP contribution in [0.3, 0.4) is 0 Å². The van der Waals surface area contributed by atoms with Crippen LogP contribution >= 0.6 is 22.6 Å². The van der Waals surface area contributed by atoms with E-state index in [0.717, 1.165) is 15.1 Å². The molecule has 3 aliphatic carbocycles. The molecule has 3 fully saturated rings. The molecule has 1 amide bonds. The predicted molar refractivity (Wildman–Crippen MR) is 71.4 cm³/mol. The summed E-state index contributed by atoms with van der Waals surface area (Å²) in [5.41, 5.74) is 2.19. The van der Waals surface area contributed by atoms with Gasteiger partial charge in [-0.3, -0.25) is 4.79 Å². The number of halogens is 1. The molecule has 3 heteroatoms. The fourth-order valence-corrected chi connectivity index (χ4v) is 3.66. The molecule has 1 aromatic rings. The Kier molecular flexibility index (Phi) is 2.28. The van der Waals surface area contributed by atoms with Gasteiger partial charge in [-0.05, 0) is 66.8 Å². The van der Waals surface area contributed by atoms with Crippen molar-refractivity contribution in [3.8, 4) is 0 Å². The van der Waals surface area contributed by atoms with E-state index in [1.807, 2.05) is 19.1 Å². The monoisotopic (exact) mass is 327 g/mol. The maximum atomic E-state index is 12.1. The lowest BCUT2D eigenvalue weighted by Gasteiger charge is -2.61. The molecular formula is C13H14INO. The molecule has 0 spiro atoms. The van der Waals surface area contributed by atoms with E-state index in [2.05, 4.69) is 34.0 Å². The number of rotatable bonds is 2. The molecule has 0 radical (unpaired) electrons. The maximum absolute atomic E-state index is 12.1. The zero-order chi connectivity index (χ0) is 11.3. The number of carbonyl (C=O) groups is 1. The quantitative estimate of drug-likeness (QED) is 0.832. The lowest BCUT2D eigenvalue weighted by Crippen LogP contribution is -2.68. The van der Waals surface area contributed by atoms with Gasteiger partial charge in [-0.1, -0.05) is 11.6 Å². The smallest absolute Gasteiger partial charge is 0.252 e. The highest BCUT2D eigenvalue weighted by Crippen LogP contribution is 2.57. The van der Waals surface area contributed by atoms with Crippen LogP contribution in [0, 0.1) is 16.4 Å². The molecule has 0 unspecified atom stereocenters. The Bertz CT molecular complexity index is 452. The molecule has 16 heavy (non-hydrogen) atoms. The zero-order valence-electron chi connectivity index (χ0n) is 9.22. The number of hydrogen-bond acceptors (Lipinski definition) is 1. The summed E-state index contributed by atoms with van der Waals surface area (Å²) in [6.07, 6.45) is 3.59. The predicted octanol–water partition coefficient (Wildman–Crippen LogP) is 2.88. The molecule has 1 aromatic carbocycles. The third kappa shape index (κ3) is 1.56. The van der Waals surface area contributed by atoms with Crippen molar-refractivity contribution < 1.29 is 4.79 Å². The lowest BCUT2D eigenvalue weighted by atomic mass is 9.50. The van der Waals surface area contributed by atoms with Gasteiger partial charge >= 0.3 is 0 Å². The third-order valence-corrected chi connectivity index (χ3v) is 4.68. The first-order valence-electron chi connectivity index (χ1n) is 5.67. The second kappa shape index (κ2) is 3.45. The Hall–Kier alpha value is -0.580. The van der Waals surface area contributed by atoms with E-state index in [4.69, 9.17) is 0 Å². The Morgan fingerprint density at radius 3 is 2.62 bits per heavy atom. The number of carbonyl (C=O) groups excluding carboxylic acids is 1. The Balaban J connectivity index is 1.78. The SMILES string of the molecule is Cc1ccc(C(=O)NC23CC(C2)C3)c(I)c1. The fraction of sp³-hybridized carbons (Fsp3) is 0.462. The first kappa shape index (κ1) is 10.6. The molecule has 1 N–H and O–H groups in total. The van der Waals surface area contributed by atoms with Crippen LogP contribution in [0.15, 0.2) is 18.2 Å². The molecule has 3 aliphatic rings. The van der Waals surface area contributed by atoms with Crippen molar-refractivity contribution in [2.24, 2.45) is 5.92 Å². The van der Waals surface area contributed by atoms with Gasteiger partial charge in [0.2, 0.25) is 0 Å². The van der Waals surface area contributed by atoms with Gasteiger partial charge < -0.3 is 5.32 Å². The van der Waals surface area contributed by atoms with E-state index >= 15 is 0 Å². The van der Waals surface area contributed by atoms with Crippen molar-refractivity contribution in [3.05, 3.63) is 32.9 Å². The van der Waals surface area contributed by atoms with Crippen LogP contribution in [0.2, 0.25) is 0 Å². The van der Waals surface area contributed by atoms with Crippen molar-refractivity contribution in [2.45, 2.75) is 31.7 Å². The topological polar surface area (TPSA) is 29.1 Å². The van der Waals surface area contributed by atoms with Gasteiger partial charge in [-0.2, -0.15) is 0 Å². The van der Waals surface area contributed by atoms with Gasteiger partial charge in [-0.25, -0.2) is 0 Å². The molecule has 4 rings (SSSR count). The van der Waals surface area contributed by atoms with Crippen LogP contribution < -0.4 is 5.32 Å². The average Bonchev–Trinajstić information content (AvgIpc) is 2.09. The number of benzene rings is 1. The summed E-state index contributed by atoms with van der Waals surface area (Å²) in [6, 6.07) is 5.98. The van der Waals surface area contributed by atoms with E-state index in [1.54, 1.807) is 0 Å². The first-order valence-corrected chi connectivity index (χ1v) is 6.75. The first-order chi connectivity index (χ1) is 7.58. The third-order valence-electron chi connectivity index (χ3n) is 3.79. The van der Waals surface area contributed by atoms with E-state index in [1.165, 1.54) is 24.8 Å². The summed E-state index contributed by atoms with van der Waals surface area (Å²) in [6.45, 7) is 2.05. The number of hydrogen-bond donors (Lipinski definition) is 1. The highest BCUT2D eigenvalue weighted by atomic mass is 127. The van der Waals surface area contributed by atoms with Gasteiger partial charge in [0.1, 0.15) is 0 Å². The number of nitrogens with one attached hydrogen (secondary N) is 1. The fourth-order valence-electron chi connectivity index (χ4n) is 2.74. The summed E-state index contributed by atoms with van der Waals surface area (Å²) in [5, 5.41) is 3.19. The van der Waals surface area contributed by atoms with Gasteiger partial charge in [0, 0.05) is 9.11 Å². The van der Waals surface area contributed by atoms with Crippen molar-refractivity contribution >= 4 is 28.5 Å². The van der Waals surface area contributed by atoms with Gasteiger partial charge in [0.15, 0.2) is 0 Å². The van der Waals surface area contributed by atoms with E-state index in [0.29, 0.717) is 0 Å². The minimum absolute atomic E-state index is 0.0996. The second-order valence-electron chi connectivity index (χ2n) is 5.20. The number of amides is 1. The number of aryl methyl sites for hydroxylation is 1. The largest absolute Gasteiger partial charge is 0.347 e. The molecular weight excluding hydrogens is 313 g/mol. The second-order valence-corrected chi connectivity index (χ2v) is 6.36. The summed E-state index contributed by atoms with van der Waals surface area (Å²) < 4.78 is 1.04. The summed E-state index contributed by atoms with van der Waals surface area (Å²) in [5.74, 6) is 1.000. The van der Waals surface area contributed by atoms with Crippen molar-refractivity contribution in [3.63, 3.8) is 0 Å². The molecule has 84 valence electrons. The highest BCUT2D eigenvalue weighted by Gasteiger charge is 2.57. The van der Waals surface area contributed by atoms with Crippen LogP contribution in [-0.4, -0.2) is 11.4 Å². The minimum atomic E-state index is 0.0996. The van der Waals surface area contributed by atoms with Crippen molar-refractivity contribution in [1.82, 2.24) is 5.32 Å². The normalized spacial score (nSPS) is 30.2. The standard InChI is InChI=1S/C13H14INO/c1-8-2-3-10(11(14)4-8)12(16)15-13-5-9(6-13)7-13/h2-4,9H,5-7H2,1H3,(H,15,16). The minimum Gasteiger partial charge on any atom is -0.347 e. The van der Waals surface area contributed by atoms with Crippen LogP contribution in [0.1, 0.15) is 35.2 Å². The highest BCUT2D eigenvalue weighted by molar-refractivity contribution is 14.1. The van der Waals surface area contributed by atoms with Gasteiger partial charge in [0.25, 0.3) is 5.91 Å². The molecule has 0 heterocycles. The van der Waals surface area contributed by atoms with E-state index in [-0.39, 0.29) is 11.4 Å². The summed E-state index contributed by atoms with van der Waals surface area (Å²) in [4.78, 5) is 12.1. The van der Waals surface area contributed by atoms with Gasteiger partial charge in [0.05, 0.1) is 5.56 Å². The summed E-state index contributed by atoms with van der Waals surface area (Å²) >= 11 is 2.23. The van der Waals surface area contributed by atoms with Crippen LogP contribution in [-0.2, 0) is 0 Å². The van der Waals surface area contributed by atoms with Crippen LogP contribution in [0.25, 0.3) is 0 Å². The molecule has 0 aromatic heterocycles. The van der Waals surface area contributed by atoms with Gasteiger partial charge in [-0.15, -0.1) is 0 Å². The molecule has 2 nitrogen and oxygen atoms in total.